The molecule has 0 aromatic rings. The van der Waals surface area contributed by atoms with Crippen molar-refractivity contribution in [2.45, 2.75) is 83.3 Å². The van der Waals surface area contributed by atoms with Gasteiger partial charge in [-0.25, -0.2) is 6.57 Å². The van der Waals surface area contributed by atoms with Gasteiger partial charge in [0, 0.05) is 25.9 Å². The van der Waals surface area contributed by atoms with Crippen molar-refractivity contribution in [3.63, 3.8) is 0 Å². The second kappa shape index (κ2) is 6.37. The summed E-state index contributed by atoms with van der Waals surface area (Å²) in [6, 6.07) is 0. The molecule has 0 aromatic heterocycles. The van der Waals surface area contributed by atoms with Gasteiger partial charge in [0.1, 0.15) is 0 Å². The Morgan fingerprint density at radius 2 is 1.91 bits per heavy atom. The van der Waals surface area contributed by atoms with Crippen molar-refractivity contribution in [3.05, 3.63) is 11.4 Å². The molecule has 0 bridgehead atoms. The van der Waals surface area contributed by atoms with E-state index in [0.29, 0.717) is 29.1 Å². The van der Waals surface area contributed by atoms with Crippen LogP contribution in [0.2, 0.25) is 0 Å². The molecule has 3 aliphatic carbocycles. The fourth-order valence-corrected chi connectivity index (χ4v) is 6.51. The maximum absolute atomic E-state index is 10.1. The van der Waals surface area contributed by atoms with E-state index in [1.165, 1.54) is 19.3 Å². The average molecular weight is 319 g/mol. The first-order valence-electron chi connectivity index (χ1n) is 9.62. The minimum absolute atomic E-state index is 0.0908. The van der Waals surface area contributed by atoms with E-state index in [2.05, 4.69) is 18.7 Å². The van der Waals surface area contributed by atoms with Gasteiger partial charge in [-0.15, -0.1) is 0 Å². The van der Waals surface area contributed by atoms with Crippen molar-refractivity contribution in [1.82, 2.24) is 0 Å². The lowest BCUT2D eigenvalue weighted by atomic mass is 9.45. The molecule has 0 aromatic carbocycles. The number of fused-ring (bicyclic) bond motifs is 3. The van der Waals surface area contributed by atoms with E-state index in [1.807, 2.05) is 0 Å². The first kappa shape index (κ1) is 17.2. The van der Waals surface area contributed by atoms with Crippen LogP contribution < -0.4 is 0 Å². The number of nitrogens with zero attached hydrogens (tertiary/aromatic N) is 1. The van der Waals surface area contributed by atoms with Crippen LogP contribution >= 0.6 is 0 Å². The molecular weight excluding hydrogens is 286 g/mol. The maximum Gasteiger partial charge on any atom is 0.232 e. The Morgan fingerprint density at radius 1 is 1.13 bits per heavy atom. The molecule has 0 heterocycles. The molecule has 3 aliphatic rings. The van der Waals surface area contributed by atoms with Gasteiger partial charge in [0.15, 0.2) is 0 Å². The first-order chi connectivity index (χ1) is 10.9. The highest BCUT2D eigenvalue weighted by Gasteiger charge is 2.59. The quantitative estimate of drug-likeness (QED) is 0.771. The van der Waals surface area contributed by atoms with E-state index < -0.39 is 0 Å². The van der Waals surface area contributed by atoms with E-state index in [9.17, 15) is 10.2 Å². The Labute approximate surface area is 141 Å². The van der Waals surface area contributed by atoms with E-state index in [4.69, 9.17) is 6.57 Å². The van der Waals surface area contributed by atoms with Gasteiger partial charge in [-0.05, 0) is 74.5 Å². The van der Waals surface area contributed by atoms with Gasteiger partial charge in [-0.2, -0.15) is 0 Å². The Morgan fingerprint density at radius 3 is 2.61 bits per heavy atom. The predicted molar refractivity (Wildman–Crippen MR) is 91.7 cm³/mol. The number of hydrogen-bond acceptors (Lipinski definition) is 2. The minimum Gasteiger partial charge on any atom is -0.396 e. The van der Waals surface area contributed by atoms with Crippen molar-refractivity contribution in [1.29, 1.82) is 0 Å². The van der Waals surface area contributed by atoms with Crippen LogP contribution in [0.4, 0.5) is 0 Å². The Kier molecular flexibility index (Phi) is 4.78. The van der Waals surface area contributed by atoms with Crippen LogP contribution in [0.15, 0.2) is 0 Å². The molecule has 23 heavy (non-hydrogen) atoms. The zero-order valence-corrected chi connectivity index (χ0v) is 14.8. The molecule has 0 amide bonds. The standard InChI is InChI=1S/C20H33NO2/c1-19-10-8-15(23)13-14(19)6-7-16-17(19)9-11-20(2,21-3)18(16)5-4-12-22/h14-18,22-23H,4-13H2,1-2H3/t14-,15-,16+,17-,18-,19-,20+/m0/s1. The normalized spacial score (nSPS) is 49.8. The number of aliphatic hydroxyl groups is 2. The molecule has 3 saturated carbocycles. The van der Waals surface area contributed by atoms with Crippen molar-refractivity contribution >= 4 is 0 Å². The van der Waals surface area contributed by atoms with Crippen LogP contribution in [-0.4, -0.2) is 28.5 Å². The molecule has 3 nitrogen and oxygen atoms in total. The smallest absolute Gasteiger partial charge is 0.232 e. The van der Waals surface area contributed by atoms with E-state index >= 15 is 0 Å². The molecule has 130 valence electrons. The molecule has 0 spiro atoms. The van der Waals surface area contributed by atoms with Gasteiger partial charge >= 0.3 is 0 Å². The molecule has 0 unspecified atom stereocenters. The summed E-state index contributed by atoms with van der Waals surface area (Å²) in [4.78, 5) is 4.07. The van der Waals surface area contributed by atoms with Crippen molar-refractivity contribution in [2.24, 2.45) is 29.1 Å². The maximum atomic E-state index is 10.1. The van der Waals surface area contributed by atoms with Gasteiger partial charge in [0.05, 0.1) is 6.10 Å². The van der Waals surface area contributed by atoms with Gasteiger partial charge in [-0.3, -0.25) is 0 Å². The lowest BCUT2D eigenvalue weighted by Crippen LogP contribution is -2.55. The highest BCUT2D eigenvalue weighted by atomic mass is 16.3. The van der Waals surface area contributed by atoms with Crippen LogP contribution in [-0.2, 0) is 0 Å². The molecule has 0 aliphatic heterocycles. The highest BCUT2D eigenvalue weighted by Crippen LogP contribution is 2.62. The van der Waals surface area contributed by atoms with Crippen LogP contribution in [0.25, 0.3) is 4.85 Å². The molecule has 7 atom stereocenters. The summed E-state index contributed by atoms with van der Waals surface area (Å²) in [5, 5.41) is 19.4. The fraction of sp³-hybridized carbons (Fsp3) is 0.950. The summed E-state index contributed by atoms with van der Waals surface area (Å²) in [5.41, 5.74) is 0.136. The molecule has 0 radical (unpaired) electrons. The lowest BCUT2D eigenvalue weighted by Gasteiger charge is -2.59. The summed E-state index contributed by atoms with van der Waals surface area (Å²) < 4.78 is 0. The van der Waals surface area contributed by atoms with Crippen LogP contribution in [0.5, 0.6) is 0 Å². The summed E-state index contributed by atoms with van der Waals surface area (Å²) in [5.74, 6) is 2.47. The van der Waals surface area contributed by atoms with Gasteiger partial charge in [0.25, 0.3) is 0 Å². The third-order valence-corrected chi connectivity index (χ3v) is 7.92. The van der Waals surface area contributed by atoms with Crippen molar-refractivity contribution in [3.8, 4) is 0 Å². The van der Waals surface area contributed by atoms with E-state index in [0.717, 1.165) is 38.5 Å². The third-order valence-electron chi connectivity index (χ3n) is 7.92. The van der Waals surface area contributed by atoms with Crippen LogP contribution in [0, 0.1) is 35.7 Å². The largest absolute Gasteiger partial charge is 0.396 e. The molecular formula is C20H33NO2. The predicted octanol–water partition coefficient (Wildman–Crippen LogP) is 4.04. The Hall–Kier alpha value is -0.590. The molecule has 3 fully saturated rings. The summed E-state index contributed by atoms with van der Waals surface area (Å²) in [6.45, 7) is 12.6. The summed E-state index contributed by atoms with van der Waals surface area (Å²) >= 11 is 0. The second-order valence-electron chi connectivity index (χ2n) is 8.96. The molecule has 0 saturated heterocycles. The second-order valence-corrected chi connectivity index (χ2v) is 8.96. The van der Waals surface area contributed by atoms with Crippen LogP contribution in [0.1, 0.15) is 71.6 Å². The SMILES string of the molecule is [C-]#[N+][C@]1(C)CC[C@H]2[C@@H](CC[C@H]3C[C@@H](O)CC[C@@]32C)[C@@H]1CCCO. The van der Waals surface area contributed by atoms with Gasteiger partial charge in [-0.1, -0.05) is 6.92 Å². The van der Waals surface area contributed by atoms with Gasteiger partial charge in [0.2, 0.25) is 5.54 Å². The van der Waals surface area contributed by atoms with E-state index in [-0.39, 0.29) is 18.2 Å². The average Bonchev–Trinajstić information content (AvgIpc) is 2.54. The molecule has 2 N–H and O–H groups in total. The zero-order valence-electron chi connectivity index (χ0n) is 14.8. The number of aliphatic hydroxyl groups excluding tert-OH is 2. The number of hydrogen-bond donors (Lipinski definition) is 2. The van der Waals surface area contributed by atoms with Crippen LogP contribution in [0.3, 0.4) is 0 Å². The summed E-state index contributed by atoms with van der Waals surface area (Å²) in [6.07, 6.45) is 9.47. The zero-order chi connectivity index (χ0) is 16.7. The Balaban J connectivity index is 1.86. The van der Waals surface area contributed by atoms with Crippen molar-refractivity contribution < 1.29 is 10.2 Å². The minimum atomic E-state index is -0.228. The van der Waals surface area contributed by atoms with Crippen molar-refractivity contribution in [2.75, 3.05) is 6.61 Å². The summed E-state index contributed by atoms with van der Waals surface area (Å²) in [7, 11) is 0. The first-order valence-corrected chi connectivity index (χ1v) is 9.62. The number of rotatable bonds is 3. The lowest BCUT2D eigenvalue weighted by molar-refractivity contribution is -0.110. The molecule has 3 heteroatoms. The van der Waals surface area contributed by atoms with Gasteiger partial charge < -0.3 is 15.1 Å². The third kappa shape index (κ3) is 2.83. The Bertz CT molecular complexity index is 473. The molecule has 3 rings (SSSR count). The topological polar surface area (TPSA) is 44.8 Å². The highest BCUT2D eigenvalue weighted by molar-refractivity contribution is 5.11. The van der Waals surface area contributed by atoms with E-state index in [1.54, 1.807) is 0 Å². The monoisotopic (exact) mass is 319 g/mol. The fourth-order valence-electron chi connectivity index (χ4n) is 6.51.